The minimum absolute atomic E-state index is 0.0576. The molecule has 0 radical (unpaired) electrons. The molecular weight excluding hydrogens is 350 g/mol. The Balaban J connectivity index is 1.85. The Kier molecular flexibility index (Phi) is 5.21. The Hall–Kier alpha value is -3.22. The largest absolute Gasteiger partial charge is 0.503 e. The molecule has 0 saturated carbocycles. The van der Waals surface area contributed by atoms with Crippen LogP contribution in [0.3, 0.4) is 0 Å². The van der Waals surface area contributed by atoms with Crippen LogP contribution in [0, 0.1) is 0 Å². The molecule has 2 aromatic rings. The van der Waals surface area contributed by atoms with Crippen molar-refractivity contribution < 1.29 is 28.6 Å². The fraction of sp³-hybridized carbons (Fsp3) is 0.300. The Morgan fingerprint density at radius 3 is 2.56 bits per heavy atom. The summed E-state index contributed by atoms with van der Waals surface area (Å²) >= 11 is 0. The number of amides is 1. The zero-order valence-electron chi connectivity index (χ0n) is 15.4. The number of Topliss-reactive ketones (excluding diaryl/α,β-unsaturated/α-hetero) is 1. The van der Waals surface area contributed by atoms with Crippen LogP contribution in [0.1, 0.15) is 24.3 Å². The predicted octanol–water partition coefficient (Wildman–Crippen LogP) is 2.82. The van der Waals surface area contributed by atoms with E-state index in [1.807, 2.05) is 12.1 Å². The van der Waals surface area contributed by atoms with Gasteiger partial charge in [-0.25, -0.2) is 0 Å². The lowest BCUT2D eigenvalue weighted by atomic mass is 10.0. The fourth-order valence-electron chi connectivity index (χ4n) is 3.27. The van der Waals surface area contributed by atoms with Crippen molar-refractivity contribution in [1.82, 2.24) is 4.90 Å². The zero-order chi connectivity index (χ0) is 19.6. The number of ketones is 1. The first-order chi connectivity index (χ1) is 13.0. The number of furan rings is 1. The maximum atomic E-state index is 12.6. The number of methoxy groups -OCH3 is 2. The molecule has 1 N–H and O–H groups in total. The van der Waals surface area contributed by atoms with Crippen LogP contribution in [0.2, 0.25) is 0 Å². The van der Waals surface area contributed by atoms with E-state index in [1.54, 1.807) is 32.4 Å². The number of benzene rings is 1. The van der Waals surface area contributed by atoms with Crippen LogP contribution in [0.15, 0.2) is 52.3 Å². The molecule has 0 fully saturated rings. The van der Waals surface area contributed by atoms with Crippen LogP contribution >= 0.6 is 0 Å². The number of ether oxygens (including phenoxy) is 2. The van der Waals surface area contributed by atoms with E-state index in [0.29, 0.717) is 30.2 Å². The summed E-state index contributed by atoms with van der Waals surface area (Å²) in [5.41, 5.74) is 0.983. The van der Waals surface area contributed by atoms with Crippen molar-refractivity contribution in [1.29, 1.82) is 0 Å². The predicted molar refractivity (Wildman–Crippen MR) is 96.7 cm³/mol. The smallest absolute Gasteiger partial charge is 0.290 e. The van der Waals surface area contributed by atoms with Gasteiger partial charge in [0.2, 0.25) is 0 Å². The number of hydrogen-bond donors (Lipinski definition) is 1. The van der Waals surface area contributed by atoms with Crippen LogP contribution < -0.4 is 9.47 Å². The Bertz CT molecular complexity index is 884. The molecule has 1 aliphatic heterocycles. The van der Waals surface area contributed by atoms with Gasteiger partial charge in [0.05, 0.1) is 26.1 Å². The highest BCUT2D eigenvalue weighted by Crippen LogP contribution is 2.38. The molecule has 7 heteroatoms. The number of carbonyl (C=O) groups excluding carboxylic acids is 2. The molecule has 1 atom stereocenters. The molecule has 0 saturated heterocycles. The van der Waals surface area contributed by atoms with Gasteiger partial charge < -0.3 is 23.9 Å². The van der Waals surface area contributed by atoms with Crippen molar-refractivity contribution >= 4 is 11.7 Å². The summed E-state index contributed by atoms with van der Waals surface area (Å²) in [6.07, 6.45) is 1.97. The molecule has 3 rings (SSSR count). The average molecular weight is 371 g/mol. The average Bonchev–Trinajstić information content (AvgIpc) is 3.27. The summed E-state index contributed by atoms with van der Waals surface area (Å²) in [6, 6.07) is 8.14. The van der Waals surface area contributed by atoms with Crippen LogP contribution in [0.25, 0.3) is 0 Å². The molecule has 1 aromatic heterocycles. The first kappa shape index (κ1) is 18.6. The number of carbonyl (C=O) groups is 2. The number of rotatable bonds is 7. The quantitative estimate of drug-likeness (QED) is 0.805. The van der Waals surface area contributed by atoms with Crippen LogP contribution in [0.4, 0.5) is 0 Å². The van der Waals surface area contributed by atoms with Crippen LogP contribution in [-0.4, -0.2) is 42.5 Å². The second-order valence-electron chi connectivity index (χ2n) is 6.17. The van der Waals surface area contributed by atoms with E-state index in [0.717, 1.165) is 5.56 Å². The molecule has 0 spiro atoms. The molecular formula is C20H21NO6. The van der Waals surface area contributed by atoms with E-state index in [-0.39, 0.29) is 11.4 Å². The van der Waals surface area contributed by atoms with Crippen molar-refractivity contribution in [2.75, 3.05) is 20.8 Å². The van der Waals surface area contributed by atoms with E-state index < -0.39 is 17.7 Å². The highest BCUT2D eigenvalue weighted by Gasteiger charge is 2.43. The van der Waals surface area contributed by atoms with E-state index in [2.05, 4.69) is 0 Å². The number of hydrogen-bond acceptors (Lipinski definition) is 6. The topological polar surface area (TPSA) is 89.2 Å². The maximum absolute atomic E-state index is 12.6. The van der Waals surface area contributed by atoms with E-state index in [9.17, 15) is 14.7 Å². The lowest BCUT2D eigenvalue weighted by Gasteiger charge is -2.24. The van der Waals surface area contributed by atoms with Crippen molar-refractivity contribution in [3.63, 3.8) is 0 Å². The summed E-state index contributed by atoms with van der Waals surface area (Å²) in [6.45, 7) is 1.62. The third-order valence-corrected chi connectivity index (χ3v) is 4.58. The Morgan fingerprint density at radius 2 is 1.96 bits per heavy atom. The number of aliphatic hydroxyl groups is 1. The molecule has 1 aromatic carbocycles. The standard InChI is InChI=1S/C20H21NO6/c1-12(22)17-18(15-5-4-10-27-15)21(20(24)19(17)23)9-8-13-6-7-14(25-2)16(11-13)26-3/h4-7,10-11,18,23H,8-9H2,1-3H3. The summed E-state index contributed by atoms with van der Waals surface area (Å²) in [5.74, 6) is 0.180. The van der Waals surface area contributed by atoms with Gasteiger partial charge in [-0.3, -0.25) is 9.59 Å². The lowest BCUT2D eigenvalue weighted by molar-refractivity contribution is -0.129. The van der Waals surface area contributed by atoms with Gasteiger partial charge in [-0.1, -0.05) is 6.07 Å². The summed E-state index contributed by atoms with van der Waals surface area (Å²) in [7, 11) is 3.12. The highest BCUT2D eigenvalue weighted by molar-refractivity contribution is 6.07. The lowest BCUT2D eigenvalue weighted by Crippen LogP contribution is -2.32. The van der Waals surface area contributed by atoms with Gasteiger partial charge in [-0.15, -0.1) is 0 Å². The normalized spacial score (nSPS) is 16.8. The molecule has 0 bridgehead atoms. The molecule has 27 heavy (non-hydrogen) atoms. The second kappa shape index (κ2) is 7.57. The monoisotopic (exact) mass is 371 g/mol. The molecule has 142 valence electrons. The minimum atomic E-state index is -0.731. The van der Waals surface area contributed by atoms with Crippen molar-refractivity contribution in [3.05, 3.63) is 59.3 Å². The Labute approximate surface area is 156 Å². The Morgan fingerprint density at radius 1 is 1.22 bits per heavy atom. The van der Waals surface area contributed by atoms with E-state index in [4.69, 9.17) is 13.9 Å². The van der Waals surface area contributed by atoms with Crippen molar-refractivity contribution in [3.8, 4) is 11.5 Å². The van der Waals surface area contributed by atoms with Crippen LogP contribution in [0.5, 0.6) is 11.5 Å². The zero-order valence-corrected chi connectivity index (χ0v) is 15.4. The number of aliphatic hydroxyl groups excluding tert-OH is 1. The fourth-order valence-corrected chi connectivity index (χ4v) is 3.27. The van der Waals surface area contributed by atoms with Crippen molar-refractivity contribution in [2.24, 2.45) is 0 Å². The third-order valence-electron chi connectivity index (χ3n) is 4.58. The first-order valence-corrected chi connectivity index (χ1v) is 8.47. The SMILES string of the molecule is COc1ccc(CCN2C(=O)C(O)=C(C(C)=O)C2c2ccco2)cc1OC. The maximum Gasteiger partial charge on any atom is 0.290 e. The van der Waals surface area contributed by atoms with Gasteiger partial charge in [0.1, 0.15) is 11.8 Å². The second-order valence-corrected chi connectivity index (χ2v) is 6.17. The van der Waals surface area contributed by atoms with Gasteiger partial charge in [-0.05, 0) is 43.2 Å². The van der Waals surface area contributed by atoms with Gasteiger partial charge in [0.25, 0.3) is 5.91 Å². The highest BCUT2D eigenvalue weighted by atomic mass is 16.5. The van der Waals surface area contributed by atoms with Gasteiger partial charge >= 0.3 is 0 Å². The van der Waals surface area contributed by atoms with E-state index >= 15 is 0 Å². The molecule has 1 amide bonds. The molecule has 2 heterocycles. The molecule has 1 unspecified atom stereocenters. The van der Waals surface area contributed by atoms with E-state index in [1.165, 1.54) is 18.1 Å². The van der Waals surface area contributed by atoms with Gasteiger partial charge in [0, 0.05) is 6.54 Å². The minimum Gasteiger partial charge on any atom is -0.503 e. The summed E-state index contributed by atoms with van der Waals surface area (Å²) < 4.78 is 15.9. The first-order valence-electron chi connectivity index (χ1n) is 8.47. The molecule has 0 aliphatic carbocycles. The van der Waals surface area contributed by atoms with Crippen molar-refractivity contribution in [2.45, 2.75) is 19.4 Å². The molecule has 7 nitrogen and oxygen atoms in total. The molecule has 1 aliphatic rings. The summed E-state index contributed by atoms with van der Waals surface area (Å²) in [5, 5.41) is 10.2. The van der Waals surface area contributed by atoms with Gasteiger partial charge in [-0.2, -0.15) is 0 Å². The third kappa shape index (κ3) is 3.40. The van der Waals surface area contributed by atoms with Crippen LogP contribution in [-0.2, 0) is 16.0 Å². The summed E-state index contributed by atoms with van der Waals surface area (Å²) in [4.78, 5) is 26.0. The number of nitrogens with zero attached hydrogens (tertiary/aromatic N) is 1. The van der Waals surface area contributed by atoms with Gasteiger partial charge in [0.15, 0.2) is 23.0 Å².